The van der Waals surface area contributed by atoms with Crippen molar-refractivity contribution in [2.24, 2.45) is 0 Å². The second kappa shape index (κ2) is 10.2. The van der Waals surface area contributed by atoms with E-state index in [0.717, 1.165) is 35.1 Å². The van der Waals surface area contributed by atoms with Crippen LogP contribution in [0.1, 0.15) is 18.3 Å². The number of benzene rings is 2. The largest absolute Gasteiger partial charge is 0.325 e. The first-order chi connectivity index (χ1) is 14.9. The van der Waals surface area contributed by atoms with Gasteiger partial charge in [0.1, 0.15) is 17.5 Å². The Balaban J connectivity index is 1.59. The molecule has 0 aliphatic carbocycles. The molecule has 0 spiro atoms. The molecule has 0 radical (unpaired) electrons. The van der Waals surface area contributed by atoms with Crippen molar-refractivity contribution in [1.29, 1.82) is 0 Å². The molecule has 7 nitrogen and oxygen atoms in total. The van der Waals surface area contributed by atoms with Crippen LogP contribution in [0.3, 0.4) is 0 Å². The third-order valence-electron chi connectivity index (χ3n) is 4.39. The van der Waals surface area contributed by atoms with Crippen molar-refractivity contribution in [3.63, 3.8) is 0 Å². The molecule has 3 aromatic rings. The highest BCUT2D eigenvalue weighted by atomic mass is 32.2. The Kier molecular flexibility index (Phi) is 7.35. The Labute approximate surface area is 182 Å². The second-order valence-electron chi connectivity index (χ2n) is 6.64. The summed E-state index contributed by atoms with van der Waals surface area (Å²) < 4.78 is 28.4. The summed E-state index contributed by atoms with van der Waals surface area (Å²) in [6, 6.07) is 10.4. The zero-order chi connectivity index (χ0) is 22.4. The topological polar surface area (TPSA) is 88.9 Å². The minimum absolute atomic E-state index is 0.0305. The molecule has 0 saturated carbocycles. The quantitative estimate of drug-likeness (QED) is 0.515. The van der Waals surface area contributed by atoms with Gasteiger partial charge in [0.05, 0.1) is 17.9 Å². The molecule has 0 saturated heterocycles. The van der Waals surface area contributed by atoms with Gasteiger partial charge in [-0.2, -0.15) is 0 Å². The average Bonchev–Trinajstić information content (AvgIpc) is 3.11. The molecule has 2 N–H and O–H groups in total. The third-order valence-corrected chi connectivity index (χ3v) is 5.35. The molecule has 0 bridgehead atoms. The van der Waals surface area contributed by atoms with Crippen LogP contribution >= 0.6 is 11.8 Å². The van der Waals surface area contributed by atoms with Crippen LogP contribution in [0.2, 0.25) is 0 Å². The molecule has 1 aromatic heterocycles. The standard InChI is InChI=1S/C21H21F2N5O2S/c1-3-28-18(11-19(29)24-16-7-5-4-6-13(16)2)26-27-21(28)31-12-20(30)25-17-9-8-14(22)10-15(17)23/h4-10H,3,11-12H2,1-2H3,(H,24,29)(H,25,30). The first-order valence-corrected chi connectivity index (χ1v) is 10.5. The Morgan fingerprint density at radius 3 is 2.48 bits per heavy atom. The van der Waals surface area contributed by atoms with Gasteiger partial charge in [0, 0.05) is 18.3 Å². The van der Waals surface area contributed by atoms with E-state index in [1.54, 1.807) is 4.57 Å². The van der Waals surface area contributed by atoms with Crippen molar-refractivity contribution in [1.82, 2.24) is 14.8 Å². The molecule has 0 aliphatic rings. The number of para-hydroxylation sites is 1. The van der Waals surface area contributed by atoms with E-state index in [1.807, 2.05) is 38.1 Å². The van der Waals surface area contributed by atoms with Crippen LogP contribution in [0.15, 0.2) is 47.6 Å². The van der Waals surface area contributed by atoms with E-state index in [0.29, 0.717) is 23.6 Å². The number of rotatable bonds is 8. The summed E-state index contributed by atoms with van der Waals surface area (Å²) in [5, 5.41) is 13.9. The molecule has 2 aromatic carbocycles. The highest BCUT2D eigenvalue weighted by Crippen LogP contribution is 2.20. The molecule has 31 heavy (non-hydrogen) atoms. The lowest BCUT2D eigenvalue weighted by Crippen LogP contribution is -2.18. The predicted octanol–water partition coefficient (Wildman–Crippen LogP) is 3.80. The van der Waals surface area contributed by atoms with E-state index in [-0.39, 0.29) is 23.8 Å². The monoisotopic (exact) mass is 445 g/mol. The SMILES string of the molecule is CCn1c(CC(=O)Nc2ccccc2C)nnc1SCC(=O)Nc1ccc(F)cc1F. The molecule has 10 heteroatoms. The normalized spacial score (nSPS) is 10.7. The number of hydrogen-bond donors (Lipinski definition) is 2. The van der Waals surface area contributed by atoms with Crippen molar-refractivity contribution in [2.75, 3.05) is 16.4 Å². The van der Waals surface area contributed by atoms with Crippen molar-refractivity contribution in [3.05, 3.63) is 65.5 Å². The predicted molar refractivity (Wildman–Crippen MR) is 115 cm³/mol. The number of aromatic nitrogens is 3. The van der Waals surface area contributed by atoms with E-state index in [2.05, 4.69) is 20.8 Å². The zero-order valence-electron chi connectivity index (χ0n) is 17.0. The fourth-order valence-electron chi connectivity index (χ4n) is 2.83. The maximum absolute atomic E-state index is 13.7. The lowest BCUT2D eigenvalue weighted by molar-refractivity contribution is -0.116. The van der Waals surface area contributed by atoms with Gasteiger partial charge >= 0.3 is 0 Å². The van der Waals surface area contributed by atoms with Crippen LogP contribution in [0.5, 0.6) is 0 Å². The van der Waals surface area contributed by atoms with Crippen molar-refractivity contribution in [2.45, 2.75) is 32.0 Å². The summed E-state index contributed by atoms with van der Waals surface area (Å²) in [5.41, 5.74) is 1.58. The van der Waals surface area contributed by atoms with E-state index in [9.17, 15) is 18.4 Å². The van der Waals surface area contributed by atoms with Crippen LogP contribution in [0, 0.1) is 18.6 Å². The van der Waals surface area contributed by atoms with Gasteiger partial charge < -0.3 is 15.2 Å². The minimum Gasteiger partial charge on any atom is -0.325 e. The van der Waals surface area contributed by atoms with E-state index in [4.69, 9.17) is 0 Å². The molecule has 2 amide bonds. The van der Waals surface area contributed by atoms with Crippen LogP contribution in [0.25, 0.3) is 0 Å². The Morgan fingerprint density at radius 2 is 1.77 bits per heavy atom. The number of carbonyl (C=O) groups excluding carboxylic acids is 2. The molecule has 3 rings (SSSR count). The molecule has 0 fully saturated rings. The number of amides is 2. The average molecular weight is 445 g/mol. The molecular weight excluding hydrogens is 424 g/mol. The van der Waals surface area contributed by atoms with Gasteiger partial charge in [-0.1, -0.05) is 30.0 Å². The maximum atomic E-state index is 13.7. The van der Waals surface area contributed by atoms with Crippen molar-refractivity contribution in [3.8, 4) is 0 Å². The summed E-state index contributed by atoms with van der Waals surface area (Å²) in [5.74, 6) is -1.85. The number of halogens is 2. The molecule has 0 unspecified atom stereocenters. The summed E-state index contributed by atoms with van der Waals surface area (Å²) in [6.45, 7) is 4.29. The zero-order valence-corrected chi connectivity index (χ0v) is 17.8. The van der Waals surface area contributed by atoms with Gasteiger partial charge in [-0.3, -0.25) is 9.59 Å². The highest BCUT2D eigenvalue weighted by molar-refractivity contribution is 7.99. The fourth-order valence-corrected chi connectivity index (χ4v) is 3.65. The Morgan fingerprint density at radius 1 is 1.03 bits per heavy atom. The molecule has 162 valence electrons. The molecular formula is C21H21F2N5O2S. The third kappa shape index (κ3) is 5.88. The summed E-state index contributed by atoms with van der Waals surface area (Å²) in [7, 11) is 0. The minimum atomic E-state index is -0.850. The van der Waals surface area contributed by atoms with E-state index in [1.165, 1.54) is 0 Å². The van der Waals surface area contributed by atoms with Crippen molar-refractivity contribution < 1.29 is 18.4 Å². The lowest BCUT2D eigenvalue weighted by Gasteiger charge is -2.10. The van der Waals surface area contributed by atoms with E-state index < -0.39 is 17.5 Å². The number of hydrogen-bond acceptors (Lipinski definition) is 5. The Bertz CT molecular complexity index is 1100. The van der Waals surface area contributed by atoms with Gasteiger partial charge in [-0.05, 0) is 37.6 Å². The Hall–Kier alpha value is -3.27. The van der Waals surface area contributed by atoms with E-state index >= 15 is 0 Å². The van der Waals surface area contributed by atoms with Gasteiger partial charge in [-0.15, -0.1) is 10.2 Å². The van der Waals surface area contributed by atoms with Crippen LogP contribution in [0.4, 0.5) is 20.2 Å². The van der Waals surface area contributed by atoms with Gasteiger partial charge in [-0.25, -0.2) is 8.78 Å². The van der Waals surface area contributed by atoms with Gasteiger partial charge in [0.25, 0.3) is 0 Å². The van der Waals surface area contributed by atoms with Gasteiger partial charge in [0.15, 0.2) is 5.16 Å². The number of carbonyl (C=O) groups is 2. The second-order valence-corrected chi connectivity index (χ2v) is 7.59. The maximum Gasteiger partial charge on any atom is 0.234 e. The summed E-state index contributed by atoms with van der Waals surface area (Å²) in [6.07, 6.45) is 0.0305. The highest BCUT2D eigenvalue weighted by Gasteiger charge is 2.17. The smallest absolute Gasteiger partial charge is 0.234 e. The molecule has 1 heterocycles. The number of nitrogens with one attached hydrogen (secondary N) is 2. The first-order valence-electron chi connectivity index (χ1n) is 9.52. The van der Waals surface area contributed by atoms with Crippen molar-refractivity contribution >= 4 is 35.0 Å². The number of thioether (sulfide) groups is 1. The number of aryl methyl sites for hydroxylation is 1. The molecule has 0 atom stereocenters. The molecule has 0 aliphatic heterocycles. The summed E-state index contributed by atoms with van der Waals surface area (Å²) >= 11 is 1.11. The van der Waals surface area contributed by atoms with Crippen LogP contribution < -0.4 is 10.6 Å². The first kappa shape index (κ1) is 22.4. The van der Waals surface area contributed by atoms with Gasteiger partial charge in [0.2, 0.25) is 11.8 Å². The summed E-state index contributed by atoms with van der Waals surface area (Å²) in [4.78, 5) is 24.5. The van der Waals surface area contributed by atoms with Crippen LogP contribution in [-0.2, 0) is 22.6 Å². The lowest BCUT2D eigenvalue weighted by atomic mass is 10.2. The fraction of sp³-hybridized carbons (Fsp3) is 0.238. The number of anilines is 2. The number of nitrogens with zero attached hydrogens (tertiary/aromatic N) is 3. The van der Waals surface area contributed by atoms with Crippen LogP contribution in [-0.4, -0.2) is 32.3 Å².